The molecule has 3 fully saturated rings. The van der Waals surface area contributed by atoms with E-state index in [9.17, 15) is 4.79 Å². The van der Waals surface area contributed by atoms with Crippen molar-refractivity contribution in [3.63, 3.8) is 0 Å². The number of hydrogen-bond donors (Lipinski definition) is 3. The van der Waals surface area contributed by atoms with Crippen molar-refractivity contribution in [2.45, 2.75) is 64.1 Å². The molecule has 1 unspecified atom stereocenters. The molecule has 3 aliphatic rings. The highest BCUT2D eigenvalue weighted by molar-refractivity contribution is 5.98. The first-order chi connectivity index (χ1) is 24.0. The standard InChI is InChI=1S/C32H38N8O2.2C2H4O2/c1-37-15-17-38(18-16-37)24-11-13-26(14-12-24)40-31-28(30(33)34-21-35-31)29(36-40)23-7-9-25(10-8-23)39-20-27(42-32(39)41)19-22-5-3-2-4-6-22;2*1-2(3)4/h2-10,21,24,26-27H,11-20H2,1H3,(H2,33,34,35);2*1H3,(H,3,4). The number of carbonyl (C=O) groups is 3. The van der Waals surface area contributed by atoms with Crippen LogP contribution >= 0.6 is 0 Å². The Balaban J connectivity index is 0.000000552. The highest BCUT2D eigenvalue weighted by Crippen LogP contribution is 2.37. The molecule has 1 amide bonds. The fourth-order valence-corrected chi connectivity index (χ4v) is 6.82. The number of piperazine rings is 1. The van der Waals surface area contributed by atoms with Gasteiger partial charge in [0.1, 0.15) is 23.9 Å². The van der Waals surface area contributed by atoms with E-state index in [1.165, 1.54) is 6.33 Å². The zero-order chi connectivity index (χ0) is 35.8. The molecule has 1 atom stereocenters. The lowest BCUT2D eigenvalue weighted by Crippen LogP contribution is -2.49. The number of rotatable bonds is 6. The van der Waals surface area contributed by atoms with E-state index < -0.39 is 11.9 Å². The van der Waals surface area contributed by atoms with Crippen molar-refractivity contribution >= 4 is 40.6 Å². The molecule has 4 heterocycles. The molecule has 4 aromatic rings. The van der Waals surface area contributed by atoms with Crippen LogP contribution < -0.4 is 10.6 Å². The fourth-order valence-electron chi connectivity index (χ4n) is 6.82. The highest BCUT2D eigenvalue weighted by Gasteiger charge is 2.33. The predicted octanol–water partition coefficient (Wildman–Crippen LogP) is 4.56. The molecule has 2 aliphatic heterocycles. The van der Waals surface area contributed by atoms with Gasteiger partial charge < -0.3 is 25.6 Å². The van der Waals surface area contributed by atoms with E-state index in [-0.39, 0.29) is 18.2 Å². The summed E-state index contributed by atoms with van der Waals surface area (Å²) >= 11 is 0. The van der Waals surface area contributed by atoms with Crippen molar-refractivity contribution in [2.24, 2.45) is 0 Å². The van der Waals surface area contributed by atoms with Crippen molar-refractivity contribution in [1.82, 2.24) is 29.5 Å². The van der Waals surface area contributed by atoms with E-state index >= 15 is 0 Å². The number of nitrogens with zero attached hydrogens (tertiary/aromatic N) is 7. The molecular formula is C36H46N8O6. The third kappa shape index (κ3) is 9.12. The third-order valence-corrected chi connectivity index (χ3v) is 9.22. The Hall–Kier alpha value is -5.08. The molecule has 2 saturated heterocycles. The molecule has 0 bridgehead atoms. The van der Waals surface area contributed by atoms with Crippen molar-refractivity contribution in [3.05, 3.63) is 66.5 Å². The average Bonchev–Trinajstić information content (AvgIpc) is 3.66. The number of ether oxygens (including phenoxy) is 1. The van der Waals surface area contributed by atoms with Crippen LogP contribution in [-0.4, -0.2) is 110 Å². The van der Waals surface area contributed by atoms with Gasteiger partial charge in [-0.15, -0.1) is 0 Å². The van der Waals surface area contributed by atoms with Crippen LogP contribution in [0.15, 0.2) is 60.9 Å². The van der Waals surface area contributed by atoms with Crippen LogP contribution in [0, 0.1) is 0 Å². The maximum atomic E-state index is 12.7. The smallest absolute Gasteiger partial charge is 0.414 e. The minimum atomic E-state index is -0.833. The number of aliphatic carboxylic acids is 2. The molecule has 0 spiro atoms. The SMILES string of the molecule is CC(=O)O.CC(=O)O.CN1CCN(C2CCC(n3nc(-c4ccc(N5CC(Cc6ccccc6)OC5=O)cc4)c4c(N)ncnc43)CC2)CC1. The zero-order valence-electron chi connectivity index (χ0n) is 28.8. The van der Waals surface area contributed by atoms with Gasteiger partial charge in [-0.2, -0.15) is 5.10 Å². The topological polar surface area (TPSA) is 180 Å². The van der Waals surface area contributed by atoms with Crippen molar-refractivity contribution < 1.29 is 29.3 Å². The Labute approximate surface area is 291 Å². The molecule has 266 valence electrons. The van der Waals surface area contributed by atoms with Gasteiger partial charge >= 0.3 is 6.09 Å². The van der Waals surface area contributed by atoms with Crippen molar-refractivity contribution in [1.29, 1.82) is 0 Å². The predicted molar refractivity (Wildman–Crippen MR) is 190 cm³/mol. The van der Waals surface area contributed by atoms with E-state index in [0.717, 1.165) is 99.3 Å². The van der Waals surface area contributed by atoms with Crippen LogP contribution in [-0.2, 0) is 20.7 Å². The number of likely N-dealkylation sites (N-methyl/N-ethyl adjacent to an activating group) is 1. The first-order valence-corrected chi connectivity index (χ1v) is 16.9. The second-order valence-electron chi connectivity index (χ2n) is 12.9. The second-order valence-corrected chi connectivity index (χ2v) is 12.9. The molecular weight excluding hydrogens is 640 g/mol. The quantitative estimate of drug-likeness (QED) is 0.258. The number of amides is 1. The number of hydrogen-bond acceptors (Lipinski definition) is 10. The summed E-state index contributed by atoms with van der Waals surface area (Å²) in [4.78, 5) is 46.4. The number of fused-ring (bicyclic) bond motifs is 1. The Bertz CT molecular complexity index is 1730. The Morgan fingerprint density at radius 3 is 2.10 bits per heavy atom. The van der Waals surface area contributed by atoms with Crippen LogP contribution in [0.2, 0.25) is 0 Å². The largest absolute Gasteiger partial charge is 0.481 e. The molecule has 7 rings (SSSR count). The summed E-state index contributed by atoms with van der Waals surface area (Å²) in [6.45, 7) is 7.29. The average molecular weight is 687 g/mol. The van der Waals surface area contributed by atoms with Crippen LogP contribution in [0.5, 0.6) is 0 Å². The molecule has 2 aromatic heterocycles. The number of cyclic esters (lactones) is 1. The number of benzene rings is 2. The van der Waals surface area contributed by atoms with Crippen LogP contribution in [0.1, 0.15) is 51.1 Å². The van der Waals surface area contributed by atoms with Crippen molar-refractivity contribution in [2.75, 3.05) is 50.4 Å². The Morgan fingerprint density at radius 1 is 0.880 bits per heavy atom. The van der Waals surface area contributed by atoms with E-state index in [1.54, 1.807) is 4.90 Å². The van der Waals surface area contributed by atoms with Gasteiger partial charge in [0.05, 0.1) is 18.0 Å². The summed E-state index contributed by atoms with van der Waals surface area (Å²) in [5.74, 6) is -1.23. The number of nitrogens with two attached hydrogens (primary N) is 1. The first-order valence-electron chi connectivity index (χ1n) is 16.9. The van der Waals surface area contributed by atoms with Gasteiger partial charge in [0.2, 0.25) is 0 Å². The molecule has 4 N–H and O–H groups in total. The summed E-state index contributed by atoms with van der Waals surface area (Å²) in [5, 5.41) is 20.7. The monoisotopic (exact) mass is 686 g/mol. The zero-order valence-corrected chi connectivity index (χ0v) is 28.8. The van der Waals surface area contributed by atoms with E-state index in [0.29, 0.717) is 24.8 Å². The van der Waals surface area contributed by atoms with Crippen LogP contribution in [0.3, 0.4) is 0 Å². The summed E-state index contributed by atoms with van der Waals surface area (Å²) in [7, 11) is 2.21. The Kier molecular flexibility index (Phi) is 12.0. The molecule has 0 radical (unpaired) electrons. The van der Waals surface area contributed by atoms with Gasteiger partial charge in [-0.05, 0) is 50.4 Å². The van der Waals surface area contributed by atoms with Crippen molar-refractivity contribution in [3.8, 4) is 11.3 Å². The second kappa shape index (κ2) is 16.5. The van der Waals surface area contributed by atoms with Crippen LogP contribution in [0.4, 0.5) is 16.3 Å². The van der Waals surface area contributed by atoms with Gasteiger partial charge in [0, 0.05) is 63.7 Å². The minimum absolute atomic E-state index is 0.178. The summed E-state index contributed by atoms with van der Waals surface area (Å²) in [6, 6.07) is 18.9. The van der Waals surface area contributed by atoms with E-state index in [4.69, 9.17) is 35.4 Å². The van der Waals surface area contributed by atoms with Gasteiger partial charge in [-0.3, -0.25) is 19.4 Å². The third-order valence-electron chi connectivity index (χ3n) is 9.22. The molecule has 2 aromatic carbocycles. The molecule has 50 heavy (non-hydrogen) atoms. The Morgan fingerprint density at radius 2 is 1.48 bits per heavy atom. The molecule has 1 saturated carbocycles. The van der Waals surface area contributed by atoms with Gasteiger partial charge in [-0.25, -0.2) is 19.4 Å². The lowest BCUT2D eigenvalue weighted by molar-refractivity contribution is -0.135. The van der Waals surface area contributed by atoms with E-state index in [1.807, 2.05) is 42.5 Å². The van der Waals surface area contributed by atoms with Gasteiger partial charge in [0.15, 0.2) is 5.65 Å². The number of carbonyl (C=O) groups excluding carboxylic acids is 1. The number of carboxylic acid groups (broad SMARTS) is 2. The number of carboxylic acids is 2. The van der Waals surface area contributed by atoms with E-state index in [2.05, 4.69) is 43.6 Å². The minimum Gasteiger partial charge on any atom is -0.481 e. The number of aromatic nitrogens is 4. The normalized spacial score (nSPS) is 21.1. The lowest BCUT2D eigenvalue weighted by atomic mass is 9.90. The number of anilines is 2. The van der Waals surface area contributed by atoms with Crippen LogP contribution in [0.25, 0.3) is 22.3 Å². The maximum absolute atomic E-state index is 12.7. The van der Waals surface area contributed by atoms with Gasteiger partial charge in [-0.1, -0.05) is 42.5 Å². The molecule has 14 heteroatoms. The summed E-state index contributed by atoms with van der Waals surface area (Å²) < 4.78 is 7.76. The fraction of sp³-hybridized carbons (Fsp3) is 0.444. The summed E-state index contributed by atoms with van der Waals surface area (Å²) in [5.41, 5.74) is 10.9. The molecule has 1 aliphatic carbocycles. The first kappa shape index (κ1) is 36.2. The van der Waals surface area contributed by atoms with Gasteiger partial charge in [0.25, 0.3) is 11.9 Å². The maximum Gasteiger partial charge on any atom is 0.414 e. The number of nitrogen functional groups attached to an aromatic ring is 1. The molecule has 14 nitrogen and oxygen atoms in total. The highest BCUT2D eigenvalue weighted by atomic mass is 16.6. The lowest BCUT2D eigenvalue weighted by Gasteiger charge is -2.41. The summed E-state index contributed by atoms with van der Waals surface area (Å²) in [6.07, 6.45) is 6.19.